The highest BCUT2D eigenvalue weighted by atomic mass is 32.2. The summed E-state index contributed by atoms with van der Waals surface area (Å²) in [6, 6.07) is 23.7. The second-order valence-electron chi connectivity index (χ2n) is 6.27. The third kappa shape index (κ3) is 4.55. The first-order chi connectivity index (χ1) is 13.9. The van der Waals surface area contributed by atoms with Gasteiger partial charge < -0.3 is 4.74 Å². The maximum Gasteiger partial charge on any atom is 0.264 e. The summed E-state index contributed by atoms with van der Waals surface area (Å²) in [6.07, 6.45) is 1.34. The van der Waals surface area contributed by atoms with E-state index in [1.54, 1.807) is 73.8 Å². The van der Waals surface area contributed by atoms with E-state index >= 15 is 0 Å². The Kier molecular flexibility index (Phi) is 6.14. The van der Waals surface area contributed by atoms with Crippen LogP contribution in [-0.2, 0) is 10.0 Å². The second kappa shape index (κ2) is 8.75. The lowest BCUT2D eigenvalue weighted by atomic mass is 10.1. The van der Waals surface area contributed by atoms with Crippen molar-refractivity contribution in [3.63, 3.8) is 0 Å². The lowest BCUT2D eigenvalue weighted by Crippen LogP contribution is -2.26. The van der Waals surface area contributed by atoms with Crippen LogP contribution in [0.3, 0.4) is 0 Å². The van der Waals surface area contributed by atoms with Gasteiger partial charge in [0.25, 0.3) is 10.0 Å². The number of carbonyl (C=O) groups excluding carboxylic acids is 1. The highest BCUT2D eigenvalue weighted by molar-refractivity contribution is 7.89. The maximum absolute atomic E-state index is 13.1. The van der Waals surface area contributed by atoms with Crippen LogP contribution >= 0.6 is 0 Å². The number of hydrogen-bond acceptors (Lipinski definition) is 4. The normalized spacial score (nSPS) is 11.7. The standard InChI is InChI=1S/C23H21NO4S/c1-24(29(26,27)21-11-7-4-8-12-21)22(18-13-15-20(28-2)16-14-18)17-23(25)19-9-5-3-6-10-19/h3-17H,1-2H3/b22-17+. The number of hydrogen-bond donors (Lipinski definition) is 0. The number of rotatable bonds is 7. The molecule has 0 bridgehead atoms. The fraction of sp³-hybridized carbons (Fsp3) is 0.0870. The van der Waals surface area contributed by atoms with Crippen LogP contribution in [0.4, 0.5) is 0 Å². The third-order valence-corrected chi connectivity index (χ3v) is 6.24. The molecule has 0 radical (unpaired) electrons. The molecule has 148 valence electrons. The first kappa shape index (κ1) is 20.4. The molecule has 3 rings (SSSR count). The molecule has 3 aromatic rings. The molecular weight excluding hydrogens is 386 g/mol. The van der Waals surface area contributed by atoms with Gasteiger partial charge in [-0.1, -0.05) is 48.5 Å². The number of benzene rings is 3. The Bertz CT molecular complexity index is 1110. The zero-order valence-corrected chi connectivity index (χ0v) is 17.0. The highest BCUT2D eigenvalue weighted by Gasteiger charge is 2.24. The summed E-state index contributed by atoms with van der Waals surface area (Å²) in [5.74, 6) is 0.350. The zero-order valence-electron chi connectivity index (χ0n) is 16.1. The van der Waals surface area contributed by atoms with E-state index in [0.717, 1.165) is 4.31 Å². The van der Waals surface area contributed by atoms with Crippen LogP contribution in [0.1, 0.15) is 15.9 Å². The topological polar surface area (TPSA) is 63.7 Å². The fourth-order valence-electron chi connectivity index (χ4n) is 2.81. The molecule has 0 heterocycles. The van der Waals surface area contributed by atoms with Crippen LogP contribution in [0.15, 0.2) is 95.9 Å². The van der Waals surface area contributed by atoms with Gasteiger partial charge in [-0.3, -0.25) is 9.10 Å². The van der Waals surface area contributed by atoms with Crippen LogP contribution in [0.5, 0.6) is 5.75 Å². The molecule has 0 saturated carbocycles. The van der Waals surface area contributed by atoms with Crippen molar-refractivity contribution in [1.82, 2.24) is 4.31 Å². The van der Waals surface area contributed by atoms with Crippen LogP contribution in [-0.4, -0.2) is 32.7 Å². The number of nitrogens with zero attached hydrogens (tertiary/aromatic N) is 1. The van der Waals surface area contributed by atoms with Gasteiger partial charge in [-0.2, -0.15) is 0 Å². The molecule has 0 fully saturated rings. The second-order valence-corrected chi connectivity index (χ2v) is 8.24. The van der Waals surface area contributed by atoms with Gasteiger partial charge in [-0.05, 0) is 42.0 Å². The molecule has 0 amide bonds. The van der Waals surface area contributed by atoms with E-state index < -0.39 is 10.0 Å². The largest absolute Gasteiger partial charge is 0.497 e. The average molecular weight is 407 g/mol. The molecular formula is C23H21NO4S. The van der Waals surface area contributed by atoms with Gasteiger partial charge in [0, 0.05) is 18.7 Å². The molecule has 0 aliphatic heterocycles. The van der Waals surface area contributed by atoms with Crippen molar-refractivity contribution in [2.24, 2.45) is 0 Å². The average Bonchev–Trinajstić information content (AvgIpc) is 2.78. The third-order valence-electron chi connectivity index (χ3n) is 4.45. The molecule has 0 atom stereocenters. The van der Waals surface area contributed by atoms with Crippen molar-refractivity contribution in [2.75, 3.05) is 14.2 Å². The van der Waals surface area contributed by atoms with Crippen molar-refractivity contribution in [2.45, 2.75) is 4.90 Å². The zero-order chi connectivity index (χ0) is 20.9. The van der Waals surface area contributed by atoms with Gasteiger partial charge in [0.2, 0.25) is 0 Å². The van der Waals surface area contributed by atoms with Gasteiger partial charge >= 0.3 is 0 Å². The number of sulfonamides is 1. The summed E-state index contributed by atoms with van der Waals surface area (Å²) in [4.78, 5) is 12.9. The van der Waals surface area contributed by atoms with Crippen LogP contribution < -0.4 is 4.74 Å². The Morgan fingerprint density at radius 3 is 1.93 bits per heavy atom. The number of allylic oxidation sites excluding steroid dienone is 1. The number of ketones is 1. The molecule has 3 aromatic carbocycles. The van der Waals surface area contributed by atoms with Crippen LogP contribution in [0, 0.1) is 0 Å². The minimum atomic E-state index is -3.85. The van der Waals surface area contributed by atoms with Crippen molar-refractivity contribution in [1.29, 1.82) is 0 Å². The van der Waals surface area contributed by atoms with Crippen molar-refractivity contribution in [3.05, 3.63) is 102 Å². The van der Waals surface area contributed by atoms with Gasteiger partial charge in [-0.15, -0.1) is 0 Å². The van der Waals surface area contributed by atoms with E-state index in [9.17, 15) is 13.2 Å². The van der Waals surface area contributed by atoms with Gasteiger partial charge in [-0.25, -0.2) is 8.42 Å². The number of methoxy groups -OCH3 is 1. The smallest absolute Gasteiger partial charge is 0.264 e. The predicted octanol–water partition coefficient (Wildman–Crippen LogP) is 4.24. The first-order valence-corrected chi connectivity index (χ1v) is 10.4. The molecule has 0 unspecified atom stereocenters. The van der Waals surface area contributed by atoms with E-state index in [4.69, 9.17) is 4.74 Å². The number of carbonyl (C=O) groups is 1. The minimum Gasteiger partial charge on any atom is -0.497 e. The summed E-state index contributed by atoms with van der Waals surface area (Å²) in [5.41, 5.74) is 1.33. The molecule has 0 saturated heterocycles. The molecule has 0 aliphatic carbocycles. The number of ether oxygens (including phenoxy) is 1. The van der Waals surface area contributed by atoms with E-state index in [0.29, 0.717) is 16.9 Å². The van der Waals surface area contributed by atoms with E-state index in [1.807, 2.05) is 6.07 Å². The Balaban J connectivity index is 2.09. The summed E-state index contributed by atoms with van der Waals surface area (Å²) in [5, 5.41) is 0. The lowest BCUT2D eigenvalue weighted by molar-refractivity contribution is 0.104. The Morgan fingerprint density at radius 1 is 0.828 bits per heavy atom. The molecule has 0 N–H and O–H groups in total. The fourth-order valence-corrected chi connectivity index (χ4v) is 4.04. The van der Waals surface area contributed by atoms with Crippen LogP contribution in [0.25, 0.3) is 5.70 Å². The monoisotopic (exact) mass is 407 g/mol. The van der Waals surface area contributed by atoms with E-state index in [1.165, 1.54) is 25.3 Å². The molecule has 6 heteroatoms. The van der Waals surface area contributed by atoms with Crippen molar-refractivity contribution in [3.8, 4) is 5.75 Å². The molecule has 0 aromatic heterocycles. The summed E-state index contributed by atoms with van der Waals surface area (Å²) >= 11 is 0. The van der Waals surface area contributed by atoms with E-state index in [2.05, 4.69) is 0 Å². The Labute approximate surface area is 170 Å². The van der Waals surface area contributed by atoms with Crippen molar-refractivity contribution >= 4 is 21.5 Å². The van der Waals surface area contributed by atoms with Crippen LogP contribution in [0.2, 0.25) is 0 Å². The quantitative estimate of drug-likeness (QED) is 0.434. The summed E-state index contributed by atoms with van der Waals surface area (Å²) < 4.78 is 32.6. The first-order valence-electron chi connectivity index (χ1n) is 8.93. The maximum atomic E-state index is 13.1. The van der Waals surface area contributed by atoms with Gasteiger partial charge in [0.05, 0.1) is 17.7 Å². The summed E-state index contributed by atoms with van der Waals surface area (Å²) in [6.45, 7) is 0. The van der Waals surface area contributed by atoms with E-state index in [-0.39, 0.29) is 16.4 Å². The molecule has 0 spiro atoms. The Morgan fingerprint density at radius 2 is 1.38 bits per heavy atom. The lowest BCUT2D eigenvalue weighted by Gasteiger charge is -2.23. The predicted molar refractivity (Wildman–Crippen MR) is 113 cm³/mol. The van der Waals surface area contributed by atoms with Crippen molar-refractivity contribution < 1.29 is 17.9 Å². The van der Waals surface area contributed by atoms with Gasteiger partial charge in [0.15, 0.2) is 5.78 Å². The Hall–Kier alpha value is -3.38. The SMILES string of the molecule is COc1ccc(/C(=C\C(=O)c2ccccc2)N(C)S(=O)(=O)c2ccccc2)cc1. The highest BCUT2D eigenvalue weighted by Crippen LogP contribution is 2.27. The minimum absolute atomic E-state index is 0.147. The molecule has 0 aliphatic rings. The summed E-state index contributed by atoms with van der Waals surface area (Å²) in [7, 11) is -0.855. The van der Waals surface area contributed by atoms with Gasteiger partial charge in [0.1, 0.15) is 5.75 Å². The molecule has 29 heavy (non-hydrogen) atoms. The molecule has 5 nitrogen and oxygen atoms in total.